The SMILES string of the molecule is CC[C@@H](C)[C@H](NC(=O)C(=[N+]=[N-])C(=O)OC)C(=O)N[C@H](C(=O)OC)[C@H](C)CC. The number of nitrogens with one attached hydrogen (secondary N) is 2. The number of nitrogens with zero attached hydrogens (tertiary/aromatic N) is 2. The first kappa shape index (κ1) is 24.3. The van der Waals surface area contributed by atoms with Gasteiger partial charge in [-0.25, -0.2) is 9.59 Å². The number of amides is 2. The lowest BCUT2D eigenvalue weighted by Crippen LogP contribution is -2.57. The van der Waals surface area contributed by atoms with Gasteiger partial charge in [-0.1, -0.05) is 40.5 Å². The quantitative estimate of drug-likeness (QED) is 0.179. The molecule has 0 heterocycles. The van der Waals surface area contributed by atoms with E-state index in [0.29, 0.717) is 12.8 Å². The summed E-state index contributed by atoms with van der Waals surface area (Å²) in [4.78, 5) is 51.0. The van der Waals surface area contributed by atoms with Gasteiger partial charge in [0, 0.05) is 0 Å². The van der Waals surface area contributed by atoms with Crippen molar-refractivity contribution in [3.05, 3.63) is 5.53 Å². The van der Waals surface area contributed by atoms with Crippen molar-refractivity contribution in [3.63, 3.8) is 0 Å². The summed E-state index contributed by atoms with van der Waals surface area (Å²) in [5.41, 5.74) is 7.98. The lowest BCUT2D eigenvalue weighted by Gasteiger charge is -2.27. The van der Waals surface area contributed by atoms with E-state index in [4.69, 9.17) is 10.3 Å². The van der Waals surface area contributed by atoms with Gasteiger partial charge in [0.05, 0.1) is 14.2 Å². The number of methoxy groups -OCH3 is 2. The second-order valence-electron chi connectivity index (χ2n) is 6.17. The number of ether oxygens (including phenoxy) is 2. The van der Waals surface area contributed by atoms with Crippen molar-refractivity contribution in [2.75, 3.05) is 14.2 Å². The number of esters is 2. The highest BCUT2D eigenvalue weighted by Crippen LogP contribution is 2.13. The number of hydrogen-bond donors (Lipinski definition) is 2. The van der Waals surface area contributed by atoms with Gasteiger partial charge in [-0.15, -0.1) is 0 Å². The first-order valence-corrected chi connectivity index (χ1v) is 8.67. The summed E-state index contributed by atoms with van der Waals surface area (Å²) in [6.45, 7) is 7.17. The average molecular weight is 384 g/mol. The van der Waals surface area contributed by atoms with Crippen LogP contribution in [0.3, 0.4) is 0 Å². The van der Waals surface area contributed by atoms with Gasteiger partial charge >= 0.3 is 23.6 Å². The van der Waals surface area contributed by atoms with E-state index >= 15 is 0 Å². The van der Waals surface area contributed by atoms with Crippen LogP contribution in [-0.4, -0.2) is 60.6 Å². The highest BCUT2D eigenvalue weighted by molar-refractivity contribution is 6.61. The van der Waals surface area contributed by atoms with Gasteiger partial charge in [-0.3, -0.25) is 9.59 Å². The minimum Gasteiger partial charge on any atom is -0.467 e. The highest BCUT2D eigenvalue weighted by Gasteiger charge is 2.37. The summed E-state index contributed by atoms with van der Waals surface area (Å²) in [5, 5.41) is 4.95. The molecular weight excluding hydrogens is 356 g/mol. The molecule has 10 nitrogen and oxygen atoms in total. The summed E-state index contributed by atoms with van der Waals surface area (Å²) in [5.74, 6) is -3.95. The molecule has 0 saturated carbocycles. The molecule has 0 aromatic heterocycles. The van der Waals surface area contributed by atoms with Gasteiger partial charge in [0.15, 0.2) is 0 Å². The summed E-state index contributed by atoms with van der Waals surface area (Å²) in [6, 6.07) is -1.96. The number of carbonyl (C=O) groups excluding carboxylic acids is 4. The number of carbonyl (C=O) groups is 4. The third-order valence-corrected chi connectivity index (χ3v) is 4.44. The van der Waals surface area contributed by atoms with Gasteiger partial charge < -0.3 is 25.6 Å². The largest absolute Gasteiger partial charge is 0.467 e. The van der Waals surface area contributed by atoms with Crippen LogP contribution in [0.5, 0.6) is 0 Å². The Kier molecular flexibility index (Phi) is 10.6. The summed E-state index contributed by atoms with van der Waals surface area (Å²) >= 11 is 0. The molecule has 0 aromatic carbocycles. The summed E-state index contributed by atoms with van der Waals surface area (Å²) in [6.07, 6.45) is 1.14. The monoisotopic (exact) mass is 384 g/mol. The van der Waals surface area contributed by atoms with Gasteiger partial charge in [0.25, 0.3) is 0 Å². The Labute approximate surface area is 158 Å². The van der Waals surface area contributed by atoms with E-state index in [1.54, 1.807) is 13.8 Å². The fraction of sp³-hybridized carbons (Fsp3) is 0.706. The van der Waals surface area contributed by atoms with Crippen LogP contribution >= 0.6 is 0 Å². The lowest BCUT2D eigenvalue weighted by molar-refractivity contribution is -0.147. The topological polar surface area (TPSA) is 147 Å². The Morgan fingerprint density at radius 1 is 0.926 bits per heavy atom. The van der Waals surface area contributed by atoms with Gasteiger partial charge in [0.2, 0.25) is 5.91 Å². The van der Waals surface area contributed by atoms with Crippen molar-refractivity contribution in [3.8, 4) is 0 Å². The van der Waals surface area contributed by atoms with Crippen LogP contribution in [0.25, 0.3) is 5.53 Å². The molecule has 27 heavy (non-hydrogen) atoms. The predicted octanol–water partition coefficient (Wildman–Crippen LogP) is 0.0650. The zero-order chi connectivity index (χ0) is 21.1. The van der Waals surface area contributed by atoms with E-state index in [1.807, 2.05) is 13.8 Å². The number of rotatable bonds is 10. The van der Waals surface area contributed by atoms with E-state index < -0.39 is 41.5 Å². The van der Waals surface area contributed by atoms with Gasteiger partial charge in [-0.05, 0) is 11.8 Å². The average Bonchev–Trinajstić information content (AvgIpc) is 2.68. The smallest absolute Gasteiger partial charge is 0.462 e. The van der Waals surface area contributed by atoms with Gasteiger partial charge in [0.1, 0.15) is 12.1 Å². The Bertz CT molecular complexity index is 615. The molecule has 2 amide bonds. The standard InChI is InChI=1S/C17H28N4O6/c1-7-9(3)11(19-15(23)13(21-18)17(25)27-6)14(22)20-12(10(4)8-2)16(24)26-5/h9-12H,7-8H2,1-6H3,(H,19,23)(H,20,22)/t9-,10-,11+,12+/m1/s1. The third-order valence-electron chi connectivity index (χ3n) is 4.44. The molecule has 0 unspecified atom stereocenters. The molecule has 0 aliphatic rings. The molecule has 0 bridgehead atoms. The molecule has 0 aromatic rings. The van der Waals surface area contributed by atoms with Crippen LogP contribution < -0.4 is 10.6 Å². The van der Waals surface area contributed by atoms with Crippen molar-refractivity contribution >= 4 is 29.5 Å². The Balaban J connectivity index is 5.53. The van der Waals surface area contributed by atoms with E-state index in [-0.39, 0.29) is 11.8 Å². The van der Waals surface area contributed by atoms with E-state index in [9.17, 15) is 19.2 Å². The maximum absolute atomic E-state index is 12.7. The molecule has 10 heteroatoms. The minimum atomic E-state index is -1.15. The molecule has 0 fully saturated rings. The predicted molar refractivity (Wildman–Crippen MR) is 95.4 cm³/mol. The normalized spacial score (nSPS) is 14.6. The fourth-order valence-corrected chi connectivity index (χ4v) is 2.23. The summed E-state index contributed by atoms with van der Waals surface area (Å²) < 4.78 is 9.09. The first-order chi connectivity index (χ1) is 12.7. The third kappa shape index (κ3) is 6.82. The van der Waals surface area contributed by atoms with Crippen molar-refractivity contribution in [1.29, 1.82) is 0 Å². The molecule has 0 saturated heterocycles. The van der Waals surface area contributed by atoms with Crippen molar-refractivity contribution < 1.29 is 33.4 Å². The molecule has 0 radical (unpaired) electrons. The van der Waals surface area contributed by atoms with Crippen LogP contribution in [-0.2, 0) is 28.7 Å². The van der Waals surface area contributed by atoms with Crippen LogP contribution in [0, 0.1) is 11.8 Å². The van der Waals surface area contributed by atoms with Gasteiger partial charge in [-0.2, -0.15) is 4.79 Å². The molecule has 4 atom stereocenters. The second kappa shape index (κ2) is 11.8. The molecule has 0 spiro atoms. The maximum atomic E-state index is 12.7. The Morgan fingerprint density at radius 3 is 1.85 bits per heavy atom. The maximum Gasteiger partial charge on any atom is 0.462 e. The molecule has 0 aliphatic heterocycles. The molecule has 2 N–H and O–H groups in total. The first-order valence-electron chi connectivity index (χ1n) is 8.67. The molecule has 0 rings (SSSR count). The van der Waals surface area contributed by atoms with Crippen LogP contribution in [0.4, 0.5) is 0 Å². The van der Waals surface area contributed by atoms with Crippen molar-refractivity contribution in [1.82, 2.24) is 10.6 Å². The van der Waals surface area contributed by atoms with Crippen LogP contribution in [0.15, 0.2) is 0 Å². The zero-order valence-electron chi connectivity index (χ0n) is 16.6. The fourth-order valence-electron chi connectivity index (χ4n) is 2.23. The van der Waals surface area contributed by atoms with Crippen molar-refractivity contribution in [2.45, 2.75) is 52.6 Å². The van der Waals surface area contributed by atoms with Crippen LogP contribution in [0.2, 0.25) is 0 Å². The van der Waals surface area contributed by atoms with E-state index in [2.05, 4.69) is 20.2 Å². The molecular formula is C17H28N4O6. The van der Waals surface area contributed by atoms with E-state index in [0.717, 1.165) is 7.11 Å². The van der Waals surface area contributed by atoms with E-state index in [1.165, 1.54) is 7.11 Å². The Hall–Kier alpha value is -2.74. The highest BCUT2D eigenvalue weighted by atomic mass is 16.5. The lowest BCUT2D eigenvalue weighted by atomic mass is 9.95. The van der Waals surface area contributed by atoms with Crippen molar-refractivity contribution in [2.24, 2.45) is 11.8 Å². The summed E-state index contributed by atoms with van der Waals surface area (Å²) in [7, 11) is 2.24. The zero-order valence-corrected chi connectivity index (χ0v) is 16.6. The second-order valence-corrected chi connectivity index (χ2v) is 6.17. The Morgan fingerprint density at radius 2 is 1.44 bits per heavy atom. The molecule has 152 valence electrons. The molecule has 0 aliphatic carbocycles. The minimum absolute atomic E-state index is 0.195. The van der Waals surface area contributed by atoms with Crippen LogP contribution in [0.1, 0.15) is 40.5 Å². The number of hydrogen-bond acceptors (Lipinski definition) is 6.